The van der Waals surface area contributed by atoms with E-state index in [1.54, 1.807) is 0 Å². The Labute approximate surface area is 235 Å². The Kier molecular flexibility index (Phi) is 10.9. The standard InChI is InChI=1S/C27H50ClFN2O5Si2/c1-16(2)37(17(3)4,18(5)6)34-15-22-24(36-38(19(7)8,20(9)10)21(11)12)27(28,29)25(35-22)31-14-13-23(32)30-26(31)33/h13-14,16-22,24-25H,15H2,1-12H3,(H,30,32,33)/t22-,24-,25-,27+/m1/s1. The van der Waals surface area contributed by atoms with Crippen LogP contribution in [0.5, 0.6) is 0 Å². The molecule has 11 heteroatoms. The predicted octanol–water partition coefficient (Wildman–Crippen LogP) is 7.09. The number of hydrogen-bond acceptors (Lipinski definition) is 5. The number of aromatic nitrogens is 2. The van der Waals surface area contributed by atoms with Crippen LogP contribution in [0, 0.1) is 0 Å². The van der Waals surface area contributed by atoms with Crippen LogP contribution < -0.4 is 11.2 Å². The molecule has 0 aromatic carbocycles. The van der Waals surface area contributed by atoms with Crippen molar-refractivity contribution in [2.75, 3.05) is 6.61 Å². The van der Waals surface area contributed by atoms with Crippen molar-refractivity contribution in [3.8, 4) is 0 Å². The van der Waals surface area contributed by atoms with Crippen LogP contribution in [0.15, 0.2) is 21.9 Å². The lowest BCUT2D eigenvalue weighted by molar-refractivity contribution is -0.0495. The minimum atomic E-state index is -2.61. The predicted molar refractivity (Wildman–Crippen MR) is 158 cm³/mol. The number of alkyl halides is 2. The molecule has 2 rings (SSSR count). The summed E-state index contributed by atoms with van der Waals surface area (Å²) in [4.78, 5) is 26.5. The van der Waals surface area contributed by atoms with Crippen LogP contribution in [0.25, 0.3) is 0 Å². The molecule has 4 atom stereocenters. The van der Waals surface area contributed by atoms with Gasteiger partial charge in [0.1, 0.15) is 12.2 Å². The van der Waals surface area contributed by atoms with E-state index in [9.17, 15) is 9.59 Å². The summed E-state index contributed by atoms with van der Waals surface area (Å²) in [7, 11) is -4.93. The van der Waals surface area contributed by atoms with Gasteiger partial charge in [0.15, 0.2) is 14.5 Å². The summed E-state index contributed by atoms with van der Waals surface area (Å²) in [5, 5.41) is -2.56. The van der Waals surface area contributed by atoms with Gasteiger partial charge in [-0.1, -0.05) is 94.7 Å². The normalized spacial score (nSPS) is 25.2. The van der Waals surface area contributed by atoms with Gasteiger partial charge in [-0.3, -0.25) is 14.3 Å². The summed E-state index contributed by atoms with van der Waals surface area (Å²) in [5.74, 6) is 0. The Balaban J connectivity index is 2.64. The first kappa shape index (κ1) is 33.4. The highest BCUT2D eigenvalue weighted by Gasteiger charge is 2.63. The first-order valence-corrected chi connectivity index (χ1v) is 18.7. The molecule has 38 heavy (non-hydrogen) atoms. The van der Waals surface area contributed by atoms with E-state index in [0.29, 0.717) is 16.6 Å². The summed E-state index contributed by atoms with van der Waals surface area (Å²) >= 11 is 6.71. The van der Waals surface area contributed by atoms with Gasteiger partial charge in [-0.2, -0.15) is 0 Å². The van der Waals surface area contributed by atoms with Gasteiger partial charge in [0.05, 0.1) is 6.61 Å². The van der Waals surface area contributed by atoms with Gasteiger partial charge >= 0.3 is 5.69 Å². The van der Waals surface area contributed by atoms with Crippen LogP contribution in [-0.2, 0) is 13.6 Å². The quantitative estimate of drug-likeness (QED) is 0.207. The zero-order chi connectivity index (χ0) is 29.4. The minimum Gasteiger partial charge on any atom is -0.413 e. The molecule has 1 aliphatic rings. The molecular formula is C27H50ClFN2O5Si2. The Morgan fingerprint density at radius 3 is 1.76 bits per heavy atom. The molecule has 0 bridgehead atoms. The molecule has 2 heterocycles. The molecule has 7 nitrogen and oxygen atoms in total. The molecule has 1 fully saturated rings. The van der Waals surface area contributed by atoms with E-state index in [1.807, 2.05) is 0 Å². The smallest absolute Gasteiger partial charge is 0.330 e. The fraction of sp³-hybridized carbons (Fsp3) is 0.852. The molecular weight excluding hydrogens is 543 g/mol. The average Bonchev–Trinajstić information content (AvgIpc) is 3.00. The van der Waals surface area contributed by atoms with Crippen LogP contribution in [-0.4, -0.2) is 50.1 Å². The molecule has 1 aliphatic heterocycles. The van der Waals surface area contributed by atoms with Gasteiger partial charge in [-0.15, -0.1) is 0 Å². The third-order valence-corrected chi connectivity index (χ3v) is 21.3. The third-order valence-electron chi connectivity index (χ3n) is 8.70. The molecule has 1 aromatic rings. The van der Waals surface area contributed by atoms with Crippen LogP contribution in [0.1, 0.15) is 89.3 Å². The lowest BCUT2D eigenvalue weighted by Gasteiger charge is -2.46. The van der Waals surface area contributed by atoms with Crippen molar-refractivity contribution in [2.45, 2.75) is 140 Å². The number of rotatable bonds is 12. The molecule has 1 saturated heterocycles. The Bertz CT molecular complexity index is 997. The first-order valence-electron chi connectivity index (χ1n) is 14.0. The molecule has 220 valence electrons. The average molecular weight is 593 g/mol. The summed E-state index contributed by atoms with van der Waals surface area (Å²) in [6, 6.07) is 1.15. The van der Waals surface area contributed by atoms with Crippen molar-refractivity contribution >= 4 is 28.2 Å². The molecule has 1 N–H and O–H groups in total. The van der Waals surface area contributed by atoms with E-state index in [0.717, 1.165) is 10.6 Å². The highest BCUT2D eigenvalue weighted by atomic mass is 35.5. The van der Waals surface area contributed by atoms with Crippen molar-refractivity contribution in [1.29, 1.82) is 0 Å². The molecule has 0 amide bonds. The minimum absolute atomic E-state index is 0.108. The van der Waals surface area contributed by atoms with E-state index in [4.69, 9.17) is 25.2 Å². The van der Waals surface area contributed by atoms with Gasteiger partial charge in [0, 0.05) is 12.3 Å². The SMILES string of the molecule is CC(C)[Si](OC[C@H]1O[C@@H](n2ccc(=O)[nH]c2=O)[C@](F)(Cl)[C@@H]1O[Si](C(C)C)(C(C)C)C(C)C)(C(C)C)C(C)C. The van der Waals surface area contributed by atoms with E-state index in [-0.39, 0.29) is 23.2 Å². The summed E-state index contributed by atoms with van der Waals surface area (Å²) in [5.41, 5.74) is 0.141. The Morgan fingerprint density at radius 1 is 0.921 bits per heavy atom. The summed E-state index contributed by atoms with van der Waals surface area (Å²) < 4.78 is 37.8. The van der Waals surface area contributed by atoms with Gasteiger partial charge in [-0.25, -0.2) is 9.18 Å². The molecule has 0 radical (unpaired) electrons. The van der Waals surface area contributed by atoms with Gasteiger partial charge in [0.25, 0.3) is 10.7 Å². The fourth-order valence-corrected chi connectivity index (χ4v) is 18.7. The second-order valence-corrected chi connectivity index (χ2v) is 24.1. The number of halogens is 2. The fourth-order valence-electron chi connectivity index (χ4n) is 7.21. The maximum Gasteiger partial charge on any atom is 0.330 e. The second kappa shape index (κ2) is 12.4. The van der Waals surface area contributed by atoms with Gasteiger partial charge in [0.2, 0.25) is 8.32 Å². The van der Waals surface area contributed by atoms with Crippen LogP contribution in [0.2, 0.25) is 33.2 Å². The van der Waals surface area contributed by atoms with Gasteiger partial charge in [-0.05, 0) is 33.2 Å². The van der Waals surface area contributed by atoms with Crippen molar-refractivity contribution in [1.82, 2.24) is 9.55 Å². The molecule has 0 saturated carbocycles. The topological polar surface area (TPSA) is 82.5 Å². The maximum atomic E-state index is 16.8. The van der Waals surface area contributed by atoms with Crippen molar-refractivity contribution in [2.24, 2.45) is 0 Å². The van der Waals surface area contributed by atoms with E-state index >= 15 is 4.39 Å². The van der Waals surface area contributed by atoms with Crippen molar-refractivity contribution in [3.05, 3.63) is 33.1 Å². The monoisotopic (exact) mass is 592 g/mol. The van der Waals surface area contributed by atoms with Crippen LogP contribution in [0.3, 0.4) is 0 Å². The van der Waals surface area contributed by atoms with Crippen molar-refractivity contribution in [3.63, 3.8) is 0 Å². The molecule has 0 spiro atoms. The molecule has 0 aliphatic carbocycles. The summed E-state index contributed by atoms with van der Waals surface area (Å²) in [6.45, 7) is 26.0. The Hall–Kier alpha value is -0.786. The van der Waals surface area contributed by atoms with E-state index in [2.05, 4.69) is 88.1 Å². The molecule has 1 aromatic heterocycles. The van der Waals surface area contributed by atoms with Crippen LogP contribution >= 0.6 is 11.6 Å². The highest BCUT2D eigenvalue weighted by molar-refractivity contribution is 6.78. The molecule has 0 unspecified atom stereocenters. The number of ether oxygens (including phenoxy) is 1. The van der Waals surface area contributed by atoms with Crippen LogP contribution in [0.4, 0.5) is 4.39 Å². The van der Waals surface area contributed by atoms with Gasteiger partial charge < -0.3 is 13.6 Å². The zero-order valence-corrected chi connectivity index (χ0v) is 28.1. The first-order chi connectivity index (χ1) is 17.4. The second-order valence-electron chi connectivity index (χ2n) is 12.7. The highest BCUT2D eigenvalue weighted by Crippen LogP contribution is 2.52. The van der Waals surface area contributed by atoms with Crippen molar-refractivity contribution < 1.29 is 18.0 Å². The number of nitrogens with zero attached hydrogens (tertiary/aromatic N) is 1. The lowest BCUT2D eigenvalue weighted by atomic mass is 10.1. The largest absolute Gasteiger partial charge is 0.413 e. The number of H-pyrrole nitrogens is 1. The maximum absolute atomic E-state index is 16.8. The zero-order valence-electron chi connectivity index (χ0n) is 25.3. The number of aromatic amines is 1. The van der Waals surface area contributed by atoms with E-state index < -0.39 is 51.4 Å². The number of nitrogens with one attached hydrogen (secondary N) is 1. The lowest BCUT2D eigenvalue weighted by Crippen LogP contribution is -2.56. The summed E-state index contributed by atoms with van der Waals surface area (Å²) in [6.07, 6.45) is -2.27. The Morgan fingerprint density at radius 2 is 1.37 bits per heavy atom. The number of hydrogen-bond donors (Lipinski definition) is 1. The van der Waals surface area contributed by atoms with E-state index in [1.165, 1.54) is 6.20 Å². The third kappa shape index (κ3) is 5.95.